The lowest BCUT2D eigenvalue weighted by Crippen LogP contribution is -2.18. The van der Waals surface area contributed by atoms with Crippen molar-refractivity contribution in [3.05, 3.63) is 131 Å². The molecule has 0 saturated heterocycles. The van der Waals surface area contributed by atoms with Crippen molar-refractivity contribution >= 4 is 48.3 Å². The van der Waals surface area contributed by atoms with Crippen molar-refractivity contribution in [2.45, 2.75) is 17.4 Å². The first-order valence-corrected chi connectivity index (χ1v) is 13.8. The maximum absolute atomic E-state index is 13.6. The zero-order valence-electron chi connectivity index (χ0n) is 19.2. The normalized spacial score (nSPS) is 15.9. The number of aromatic nitrogens is 1. The van der Waals surface area contributed by atoms with Crippen LogP contribution in [-0.2, 0) is 10.0 Å². The number of rotatable bonds is 5. The van der Waals surface area contributed by atoms with Crippen LogP contribution in [0.2, 0.25) is 0 Å². The Bertz CT molecular complexity index is 1700. The number of para-hydroxylation sites is 2. The van der Waals surface area contributed by atoms with Crippen molar-refractivity contribution in [3.63, 3.8) is 0 Å². The summed E-state index contributed by atoms with van der Waals surface area (Å²) < 4.78 is 29.6. The van der Waals surface area contributed by atoms with E-state index >= 15 is 0 Å². The molecule has 0 amide bonds. The summed E-state index contributed by atoms with van der Waals surface area (Å²) >= 11 is 3.72. The van der Waals surface area contributed by atoms with Gasteiger partial charge in [-0.15, -0.1) is 0 Å². The summed E-state index contributed by atoms with van der Waals surface area (Å²) in [5.74, 6) is 0. The third-order valence-corrected chi connectivity index (χ3v) is 8.89. The predicted molar refractivity (Wildman–Crippen MR) is 148 cm³/mol. The van der Waals surface area contributed by atoms with E-state index in [2.05, 4.69) is 22.0 Å². The van der Waals surface area contributed by atoms with Gasteiger partial charge >= 0.3 is 0 Å². The van der Waals surface area contributed by atoms with Crippen molar-refractivity contribution in [1.82, 2.24) is 3.97 Å². The van der Waals surface area contributed by atoms with Crippen LogP contribution >= 0.6 is 15.9 Å². The first kappa shape index (κ1) is 22.8. The molecule has 0 radical (unpaired) electrons. The van der Waals surface area contributed by atoms with Crippen LogP contribution in [0.5, 0.6) is 0 Å². The van der Waals surface area contributed by atoms with Crippen LogP contribution in [0.4, 0.5) is 5.69 Å². The predicted octanol–water partition coefficient (Wildman–Crippen LogP) is 7.00. The highest BCUT2D eigenvalue weighted by molar-refractivity contribution is 9.10. The second-order valence-electron chi connectivity index (χ2n) is 8.64. The van der Waals surface area contributed by atoms with Gasteiger partial charge in [0.15, 0.2) is 0 Å². The van der Waals surface area contributed by atoms with Crippen molar-refractivity contribution in [2.24, 2.45) is 5.10 Å². The summed E-state index contributed by atoms with van der Waals surface area (Å²) in [6, 6.07) is 34.3. The summed E-state index contributed by atoms with van der Waals surface area (Å²) in [4.78, 5) is 0.252. The molecule has 5 aromatic rings. The quantitative estimate of drug-likeness (QED) is 0.234. The minimum atomic E-state index is -3.77. The van der Waals surface area contributed by atoms with Crippen LogP contribution in [0.15, 0.2) is 130 Å². The van der Waals surface area contributed by atoms with Crippen LogP contribution < -0.4 is 5.01 Å². The molecule has 178 valence electrons. The molecule has 0 N–H and O–H groups in total. The van der Waals surface area contributed by atoms with Crippen molar-refractivity contribution in [1.29, 1.82) is 0 Å². The van der Waals surface area contributed by atoms with Gasteiger partial charge in [0.05, 0.1) is 27.9 Å². The van der Waals surface area contributed by atoms with Gasteiger partial charge in [0, 0.05) is 28.0 Å². The molecule has 36 heavy (non-hydrogen) atoms. The number of halogens is 1. The van der Waals surface area contributed by atoms with Crippen LogP contribution in [0.3, 0.4) is 0 Å². The number of anilines is 1. The Morgan fingerprint density at radius 2 is 1.42 bits per heavy atom. The smallest absolute Gasteiger partial charge is 0.257 e. The molecule has 0 bridgehead atoms. The topological polar surface area (TPSA) is 54.7 Å². The Balaban J connectivity index is 1.52. The zero-order chi connectivity index (χ0) is 24.7. The molecule has 1 aromatic heterocycles. The molecule has 1 atom stereocenters. The van der Waals surface area contributed by atoms with Gasteiger partial charge in [0.25, 0.3) is 10.0 Å². The SMILES string of the molecule is O=S(=O)(c1ccccc1)n1cc(C2=NN(c3ccccc3)C(c3ccccc3Br)C2)c2ccccc21. The van der Waals surface area contributed by atoms with Gasteiger partial charge < -0.3 is 0 Å². The summed E-state index contributed by atoms with van der Waals surface area (Å²) in [5.41, 5.74) is 4.41. The average Bonchev–Trinajstić information content (AvgIpc) is 3.53. The lowest BCUT2D eigenvalue weighted by molar-refractivity contribution is 0.589. The monoisotopic (exact) mass is 555 g/mol. The fourth-order valence-corrected chi connectivity index (χ4v) is 6.70. The molecule has 7 heteroatoms. The van der Waals surface area contributed by atoms with E-state index in [1.807, 2.05) is 83.9 Å². The Morgan fingerprint density at radius 1 is 0.778 bits per heavy atom. The molecule has 4 aromatic carbocycles. The molecule has 0 saturated carbocycles. The Morgan fingerprint density at radius 3 is 2.17 bits per heavy atom. The van der Waals surface area contributed by atoms with E-state index in [0.29, 0.717) is 11.9 Å². The molecule has 2 heterocycles. The maximum Gasteiger partial charge on any atom is 0.268 e. The summed E-state index contributed by atoms with van der Waals surface area (Å²) in [7, 11) is -3.77. The molecule has 6 rings (SSSR count). The third kappa shape index (κ3) is 3.85. The van der Waals surface area contributed by atoms with Crippen LogP contribution in [0.1, 0.15) is 23.6 Å². The number of benzene rings is 4. The molecule has 0 aliphatic carbocycles. The van der Waals surface area contributed by atoms with Gasteiger partial charge in [-0.05, 0) is 42.0 Å². The molecule has 1 aliphatic heterocycles. The van der Waals surface area contributed by atoms with Gasteiger partial charge in [-0.1, -0.05) is 88.7 Å². The maximum atomic E-state index is 13.6. The van der Waals surface area contributed by atoms with E-state index in [9.17, 15) is 8.42 Å². The fraction of sp³-hybridized carbons (Fsp3) is 0.0690. The minimum absolute atomic E-state index is 0.0363. The summed E-state index contributed by atoms with van der Waals surface area (Å²) in [6.45, 7) is 0. The van der Waals surface area contributed by atoms with E-state index in [1.54, 1.807) is 30.5 Å². The molecule has 1 unspecified atom stereocenters. The average molecular weight is 556 g/mol. The van der Waals surface area contributed by atoms with Crippen molar-refractivity contribution in [2.75, 3.05) is 5.01 Å². The van der Waals surface area contributed by atoms with Crippen molar-refractivity contribution < 1.29 is 8.42 Å². The molecule has 1 aliphatic rings. The Hall–Kier alpha value is -3.68. The first-order chi connectivity index (χ1) is 17.5. The molecule has 5 nitrogen and oxygen atoms in total. The van der Waals surface area contributed by atoms with Gasteiger partial charge in [-0.25, -0.2) is 12.4 Å². The van der Waals surface area contributed by atoms with Crippen molar-refractivity contribution in [3.8, 4) is 0 Å². The van der Waals surface area contributed by atoms with Crippen LogP contribution in [0, 0.1) is 0 Å². The third-order valence-electron chi connectivity index (χ3n) is 6.48. The molecular weight excluding hydrogens is 534 g/mol. The zero-order valence-corrected chi connectivity index (χ0v) is 21.6. The highest BCUT2D eigenvalue weighted by Crippen LogP contribution is 2.40. The molecule has 0 spiro atoms. The standard InChI is InChI=1S/C29H22BrN3O2S/c30-26-17-9-7-16-24(26)29-19-27(31-33(29)21-11-3-1-4-12-21)25-20-32(28-18-10-8-15-23(25)28)36(34,35)22-13-5-2-6-14-22/h1-18,20,29H,19H2. The molecular formula is C29H22BrN3O2S. The Labute approximate surface area is 218 Å². The summed E-state index contributed by atoms with van der Waals surface area (Å²) in [5, 5.41) is 7.96. The second-order valence-corrected chi connectivity index (χ2v) is 11.3. The van der Waals surface area contributed by atoms with Crippen LogP contribution in [-0.4, -0.2) is 18.1 Å². The van der Waals surface area contributed by atoms with E-state index in [-0.39, 0.29) is 10.9 Å². The minimum Gasteiger partial charge on any atom is -0.257 e. The fourth-order valence-electron chi connectivity index (χ4n) is 4.76. The van der Waals surface area contributed by atoms with Gasteiger partial charge in [-0.3, -0.25) is 5.01 Å². The lowest BCUT2D eigenvalue weighted by Gasteiger charge is -2.24. The van der Waals surface area contributed by atoms with E-state index in [1.165, 1.54) is 3.97 Å². The highest BCUT2D eigenvalue weighted by Gasteiger charge is 2.33. The molecule has 0 fully saturated rings. The highest BCUT2D eigenvalue weighted by atomic mass is 79.9. The van der Waals surface area contributed by atoms with Gasteiger partial charge in [0.2, 0.25) is 0 Å². The summed E-state index contributed by atoms with van der Waals surface area (Å²) in [6.07, 6.45) is 2.36. The number of hydrogen-bond donors (Lipinski definition) is 0. The first-order valence-electron chi connectivity index (χ1n) is 11.6. The second kappa shape index (κ2) is 9.08. The van der Waals surface area contributed by atoms with E-state index in [4.69, 9.17) is 5.10 Å². The van der Waals surface area contributed by atoms with Gasteiger partial charge in [0.1, 0.15) is 0 Å². The Kier molecular flexibility index (Phi) is 5.74. The number of hydrogen-bond acceptors (Lipinski definition) is 4. The van der Waals surface area contributed by atoms with Crippen LogP contribution in [0.25, 0.3) is 10.9 Å². The van der Waals surface area contributed by atoms with Gasteiger partial charge in [-0.2, -0.15) is 5.10 Å². The number of nitrogens with zero attached hydrogens (tertiary/aromatic N) is 3. The number of hydrazone groups is 1. The lowest BCUT2D eigenvalue weighted by atomic mass is 9.98. The largest absolute Gasteiger partial charge is 0.268 e. The van der Waals surface area contributed by atoms with E-state index < -0.39 is 10.0 Å². The number of fused-ring (bicyclic) bond motifs is 1. The van der Waals surface area contributed by atoms with E-state index in [0.717, 1.165) is 32.4 Å².